The van der Waals surface area contributed by atoms with Gasteiger partial charge < -0.3 is 9.88 Å². The molecule has 1 aromatic carbocycles. The van der Waals surface area contributed by atoms with Crippen LogP contribution >= 0.6 is 11.8 Å². The molecule has 1 amide bonds. The maximum absolute atomic E-state index is 12.9. The lowest BCUT2D eigenvalue weighted by molar-refractivity contribution is -0.113. The number of amides is 1. The average molecular weight is 465 g/mol. The van der Waals surface area contributed by atoms with Crippen LogP contribution in [0.1, 0.15) is 60.5 Å². The van der Waals surface area contributed by atoms with E-state index in [2.05, 4.69) is 26.2 Å². The molecule has 33 heavy (non-hydrogen) atoms. The van der Waals surface area contributed by atoms with Crippen LogP contribution in [0.2, 0.25) is 0 Å². The van der Waals surface area contributed by atoms with Crippen LogP contribution in [0, 0.1) is 25.2 Å². The van der Waals surface area contributed by atoms with Crippen LogP contribution in [0.4, 0.5) is 5.82 Å². The zero-order valence-corrected chi connectivity index (χ0v) is 19.7. The van der Waals surface area contributed by atoms with Gasteiger partial charge in [-0.3, -0.25) is 9.36 Å². The van der Waals surface area contributed by atoms with Gasteiger partial charge in [0.2, 0.25) is 5.91 Å². The minimum atomic E-state index is -0.314. The Kier molecular flexibility index (Phi) is 7.04. The number of H-pyrrole nitrogens is 1. The van der Waals surface area contributed by atoms with Crippen LogP contribution in [0.3, 0.4) is 0 Å². The van der Waals surface area contributed by atoms with E-state index in [0.29, 0.717) is 29.1 Å². The number of thioether (sulfide) groups is 1. The number of benzene rings is 1. The van der Waals surface area contributed by atoms with Gasteiger partial charge in [0.25, 0.3) is 0 Å². The van der Waals surface area contributed by atoms with Crippen LogP contribution in [-0.4, -0.2) is 31.0 Å². The Balaban J connectivity index is 1.50. The van der Waals surface area contributed by atoms with Gasteiger partial charge in [0.05, 0.1) is 17.9 Å². The summed E-state index contributed by atoms with van der Waals surface area (Å²) in [4.78, 5) is 25.1. The number of rotatable bonds is 7. The fourth-order valence-corrected chi connectivity index (χ4v) is 5.25. The molecule has 1 aliphatic rings. The number of hydrogen-bond acceptors (Lipinski definition) is 5. The number of hydrogen-bond donors (Lipinski definition) is 2. The molecule has 0 atom stereocenters. The summed E-state index contributed by atoms with van der Waals surface area (Å²) in [5.74, 6) is 0.444. The highest BCUT2D eigenvalue weighted by Crippen LogP contribution is 2.36. The number of carbonyl (C=O) groups is 1. The summed E-state index contributed by atoms with van der Waals surface area (Å²) in [5.41, 5.74) is 3.13. The van der Waals surface area contributed by atoms with E-state index in [4.69, 9.17) is 0 Å². The second kappa shape index (κ2) is 10.1. The number of nitrogens with one attached hydrogen (secondary N) is 2. The first kappa shape index (κ1) is 22.9. The van der Waals surface area contributed by atoms with Crippen LogP contribution in [0.25, 0.3) is 0 Å². The lowest BCUT2D eigenvalue weighted by Crippen LogP contribution is -2.22. The molecular weight excluding hydrogens is 436 g/mol. The molecule has 2 heterocycles. The molecule has 1 saturated carbocycles. The molecule has 1 aliphatic carbocycles. The lowest BCUT2D eigenvalue weighted by Gasteiger charge is -2.27. The molecule has 2 N–H and O–H groups in total. The van der Waals surface area contributed by atoms with Crippen LogP contribution in [0.5, 0.6) is 0 Å². The highest BCUT2D eigenvalue weighted by atomic mass is 32.2. The predicted molar refractivity (Wildman–Crippen MR) is 128 cm³/mol. The zero-order chi connectivity index (χ0) is 23.4. The number of carbonyl (C=O) groups excluding carboxylic acids is 1. The molecule has 172 valence electrons. The normalized spacial score (nSPS) is 14.2. The van der Waals surface area contributed by atoms with E-state index in [0.717, 1.165) is 42.5 Å². The maximum atomic E-state index is 12.9. The van der Waals surface area contributed by atoms with Crippen molar-refractivity contribution in [3.8, 4) is 6.07 Å². The third-order valence-corrected chi connectivity index (χ3v) is 7.28. The highest BCUT2D eigenvalue weighted by Gasteiger charge is 2.26. The van der Waals surface area contributed by atoms with Gasteiger partial charge in [-0.25, -0.2) is 9.89 Å². The summed E-state index contributed by atoms with van der Waals surface area (Å²) in [6.45, 7) is 4.33. The zero-order valence-electron chi connectivity index (χ0n) is 18.9. The fraction of sp³-hybridized carbons (Fsp3) is 0.417. The predicted octanol–water partition coefficient (Wildman–Crippen LogP) is 4.15. The van der Waals surface area contributed by atoms with Gasteiger partial charge in [-0.1, -0.05) is 61.4 Å². The first-order valence-electron chi connectivity index (χ1n) is 11.2. The van der Waals surface area contributed by atoms with Gasteiger partial charge >= 0.3 is 5.69 Å². The SMILES string of the molecule is Cc1c(C#N)c(NC(=O)CSc2n[nH]c(=O)n2Cc2ccccc2)n(C2CCCCC2)c1C. The standard InChI is InChI=1S/C24H28N6O2S/c1-16-17(2)30(19-11-7-4-8-12-19)22(20(16)13-25)26-21(31)15-33-24-28-27-23(32)29(24)14-18-9-5-3-6-10-18/h3,5-6,9-10,19H,4,7-8,11-12,14-15H2,1-2H3,(H,26,31)(H,27,32). The Morgan fingerprint density at radius 3 is 2.67 bits per heavy atom. The quantitative estimate of drug-likeness (QED) is 0.511. The number of aromatic amines is 1. The molecule has 0 spiro atoms. The molecule has 1 fully saturated rings. The Morgan fingerprint density at radius 2 is 1.97 bits per heavy atom. The van der Waals surface area contributed by atoms with Gasteiger partial charge in [0, 0.05) is 11.7 Å². The number of nitrogens with zero attached hydrogens (tertiary/aromatic N) is 4. The second-order valence-corrected chi connectivity index (χ2v) is 9.37. The molecule has 0 unspecified atom stereocenters. The molecule has 9 heteroatoms. The molecule has 0 saturated heterocycles. The fourth-order valence-electron chi connectivity index (χ4n) is 4.50. The molecule has 0 radical (unpaired) electrons. The summed E-state index contributed by atoms with van der Waals surface area (Å²) >= 11 is 1.20. The Morgan fingerprint density at radius 1 is 1.24 bits per heavy atom. The van der Waals surface area contributed by atoms with E-state index in [1.54, 1.807) is 0 Å². The van der Waals surface area contributed by atoms with Crippen molar-refractivity contribution in [2.75, 3.05) is 11.1 Å². The molecule has 2 aromatic heterocycles. The molecular formula is C24H28N6O2S. The number of nitriles is 1. The largest absolute Gasteiger partial charge is 0.344 e. The lowest BCUT2D eigenvalue weighted by atomic mass is 9.95. The average Bonchev–Trinajstić information content (AvgIpc) is 3.29. The van der Waals surface area contributed by atoms with Crippen LogP contribution in [-0.2, 0) is 11.3 Å². The van der Waals surface area contributed by atoms with Crippen molar-refractivity contribution in [1.82, 2.24) is 19.3 Å². The summed E-state index contributed by atoms with van der Waals surface area (Å²) in [6, 6.07) is 12.2. The van der Waals surface area contributed by atoms with E-state index in [9.17, 15) is 14.9 Å². The Labute approximate surface area is 197 Å². The van der Waals surface area contributed by atoms with E-state index in [-0.39, 0.29) is 17.3 Å². The molecule has 0 aliphatic heterocycles. The maximum Gasteiger partial charge on any atom is 0.344 e. The summed E-state index contributed by atoms with van der Waals surface area (Å²) in [6.07, 6.45) is 5.65. The van der Waals surface area contributed by atoms with E-state index < -0.39 is 0 Å². The first-order chi connectivity index (χ1) is 16.0. The van der Waals surface area contributed by atoms with Crippen molar-refractivity contribution in [3.05, 3.63) is 63.2 Å². The smallest absolute Gasteiger partial charge is 0.327 e. The van der Waals surface area contributed by atoms with Crippen LogP contribution < -0.4 is 11.0 Å². The first-order valence-corrected chi connectivity index (χ1v) is 12.2. The van der Waals surface area contributed by atoms with Crippen molar-refractivity contribution < 1.29 is 4.79 Å². The second-order valence-electron chi connectivity index (χ2n) is 8.43. The van der Waals surface area contributed by atoms with Crippen molar-refractivity contribution in [3.63, 3.8) is 0 Å². The summed E-state index contributed by atoms with van der Waals surface area (Å²) in [7, 11) is 0. The van der Waals surface area contributed by atoms with Crippen molar-refractivity contribution in [1.29, 1.82) is 5.26 Å². The van der Waals surface area contributed by atoms with Crippen LogP contribution in [0.15, 0.2) is 40.3 Å². The van der Waals surface area contributed by atoms with Gasteiger partial charge in [0.15, 0.2) is 5.16 Å². The van der Waals surface area contributed by atoms with Crippen molar-refractivity contribution in [2.24, 2.45) is 0 Å². The number of aromatic nitrogens is 4. The monoisotopic (exact) mass is 464 g/mol. The third-order valence-electron chi connectivity index (χ3n) is 6.31. The van der Waals surface area contributed by atoms with E-state index >= 15 is 0 Å². The third kappa shape index (κ3) is 4.91. The molecule has 3 aromatic rings. The summed E-state index contributed by atoms with van der Waals surface area (Å²) in [5, 5.41) is 19.8. The van der Waals surface area contributed by atoms with Gasteiger partial charge in [-0.05, 0) is 37.8 Å². The minimum absolute atomic E-state index is 0.0812. The molecule has 8 nitrogen and oxygen atoms in total. The highest BCUT2D eigenvalue weighted by molar-refractivity contribution is 7.99. The molecule has 0 bridgehead atoms. The van der Waals surface area contributed by atoms with Gasteiger partial charge in [0.1, 0.15) is 11.9 Å². The minimum Gasteiger partial charge on any atom is -0.327 e. The Bertz CT molecular complexity index is 1230. The topological polar surface area (TPSA) is 108 Å². The van der Waals surface area contributed by atoms with Gasteiger partial charge in [-0.15, -0.1) is 5.10 Å². The Hall–Kier alpha value is -3.25. The van der Waals surface area contributed by atoms with Gasteiger partial charge in [-0.2, -0.15) is 5.26 Å². The van der Waals surface area contributed by atoms with Crippen molar-refractivity contribution >= 4 is 23.5 Å². The molecule has 4 rings (SSSR count). The van der Waals surface area contributed by atoms with Crippen molar-refractivity contribution in [2.45, 2.75) is 63.7 Å². The van der Waals surface area contributed by atoms with E-state index in [1.807, 2.05) is 44.2 Å². The van der Waals surface area contributed by atoms with E-state index in [1.165, 1.54) is 22.7 Å². The summed E-state index contributed by atoms with van der Waals surface area (Å²) < 4.78 is 3.67. The number of anilines is 1.